The second kappa shape index (κ2) is 8.92. The number of carbonyl (C=O) groups is 1. The van der Waals surface area contributed by atoms with Gasteiger partial charge in [0, 0.05) is 13.1 Å². The maximum atomic E-state index is 13.4. The van der Waals surface area contributed by atoms with E-state index in [9.17, 15) is 14.4 Å². The molecular weight excluding hydrogens is 408 g/mol. The number of carbonyl (C=O) groups excluding carboxylic acids is 1. The zero-order valence-corrected chi connectivity index (χ0v) is 18.5. The topological polar surface area (TPSA) is 86.4 Å². The predicted molar refractivity (Wildman–Crippen MR) is 121 cm³/mol. The monoisotopic (exact) mass is 434 g/mol. The molecular formula is C24H26N4O4. The van der Waals surface area contributed by atoms with Gasteiger partial charge >= 0.3 is 5.69 Å². The van der Waals surface area contributed by atoms with Gasteiger partial charge in [-0.05, 0) is 49.6 Å². The zero-order chi connectivity index (χ0) is 22.8. The van der Waals surface area contributed by atoms with E-state index >= 15 is 0 Å². The standard InChI is InChI=1S/C24H26N4O4/c1-16-5-4-6-19(12-16)15-27-23(30)21(22(29)26-7-9-32-10-8-26)25-28(24(27)31)20-13-17(2)11-18(3)14-20/h4-6,11-14H,7-10,15H2,1-3H3. The van der Waals surface area contributed by atoms with Gasteiger partial charge in [-0.1, -0.05) is 35.9 Å². The molecule has 2 heterocycles. The van der Waals surface area contributed by atoms with Gasteiger partial charge in [-0.25, -0.2) is 4.79 Å². The Labute approximate surface area is 185 Å². The Balaban J connectivity index is 1.90. The van der Waals surface area contributed by atoms with Crippen molar-refractivity contribution in [1.29, 1.82) is 0 Å². The average Bonchev–Trinajstić information content (AvgIpc) is 2.76. The number of morpholine rings is 1. The number of hydrogen-bond donors (Lipinski definition) is 0. The van der Waals surface area contributed by atoms with Crippen molar-refractivity contribution in [3.05, 3.63) is 91.3 Å². The number of benzene rings is 2. The van der Waals surface area contributed by atoms with Crippen LogP contribution in [0.2, 0.25) is 0 Å². The first-order valence-electron chi connectivity index (χ1n) is 10.6. The fourth-order valence-electron chi connectivity index (χ4n) is 3.94. The summed E-state index contributed by atoms with van der Waals surface area (Å²) < 4.78 is 7.56. The van der Waals surface area contributed by atoms with E-state index in [1.54, 1.807) is 4.90 Å². The van der Waals surface area contributed by atoms with Crippen molar-refractivity contribution in [1.82, 2.24) is 19.2 Å². The number of aromatic nitrogens is 3. The van der Waals surface area contributed by atoms with Crippen LogP contribution < -0.4 is 11.2 Å². The molecule has 1 aliphatic heterocycles. The van der Waals surface area contributed by atoms with Crippen molar-refractivity contribution in [3.63, 3.8) is 0 Å². The summed E-state index contributed by atoms with van der Waals surface area (Å²) in [6.45, 7) is 7.39. The molecule has 1 amide bonds. The van der Waals surface area contributed by atoms with E-state index in [-0.39, 0.29) is 12.2 Å². The Bertz CT molecular complexity index is 1270. The zero-order valence-electron chi connectivity index (χ0n) is 18.5. The quantitative estimate of drug-likeness (QED) is 0.626. The molecule has 0 unspecified atom stereocenters. The number of hydrogen-bond acceptors (Lipinski definition) is 5. The van der Waals surface area contributed by atoms with Crippen LogP contribution in [0.25, 0.3) is 5.69 Å². The summed E-state index contributed by atoms with van der Waals surface area (Å²) in [7, 11) is 0. The van der Waals surface area contributed by atoms with Crippen molar-refractivity contribution in [2.45, 2.75) is 27.3 Å². The second-order valence-electron chi connectivity index (χ2n) is 8.17. The van der Waals surface area contributed by atoms with E-state index in [2.05, 4.69) is 5.10 Å². The Morgan fingerprint density at radius 1 is 0.969 bits per heavy atom. The average molecular weight is 434 g/mol. The fraction of sp³-hybridized carbons (Fsp3) is 0.333. The van der Waals surface area contributed by atoms with Crippen molar-refractivity contribution < 1.29 is 9.53 Å². The van der Waals surface area contributed by atoms with Crippen molar-refractivity contribution in [2.75, 3.05) is 26.3 Å². The summed E-state index contributed by atoms with van der Waals surface area (Å²) in [4.78, 5) is 41.4. The van der Waals surface area contributed by atoms with Crippen LogP contribution in [-0.2, 0) is 11.3 Å². The third-order valence-electron chi connectivity index (χ3n) is 5.43. The molecule has 166 valence electrons. The first-order chi connectivity index (χ1) is 15.3. The Morgan fingerprint density at radius 2 is 1.66 bits per heavy atom. The summed E-state index contributed by atoms with van der Waals surface area (Å²) in [6.07, 6.45) is 0. The normalized spacial score (nSPS) is 13.9. The third-order valence-corrected chi connectivity index (χ3v) is 5.43. The van der Waals surface area contributed by atoms with Crippen LogP contribution in [0.5, 0.6) is 0 Å². The van der Waals surface area contributed by atoms with Gasteiger partial charge in [0.25, 0.3) is 11.5 Å². The molecule has 0 spiro atoms. The van der Waals surface area contributed by atoms with E-state index in [0.29, 0.717) is 32.0 Å². The summed E-state index contributed by atoms with van der Waals surface area (Å²) in [5.41, 5.74) is 2.70. The molecule has 0 atom stereocenters. The highest BCUT2D eigenvalue weighted by Crippen LogP contribution is 2.12. The van der Waals surface area contributed by atoms with Gasteiger partial charge < -0.3 is 9.64 Å². The van der Waals surface area contributed by atoms with Gasteiger partial charge in [-0.15, -0.1) is 0 Å². The lowest BCUT2D eigenvalue weighted by Crippen LogP contribution is -2.48. The first kappa shape index (κ1) is 21.7. The number of ether oxygens (including phenoxy) is 1. The molecule has 0 radical (unpaired) electrons. The minimum Gasteiger partial charge on any atom is -0.378 e. The molecule has 2 aromatic carbocycles. The first-order valence-corrected chi connectivity index (χ1v) is 10.6. The van der Waals surface area contributed by atoms with Crippen LogP contribution in [0.3, 0.4) is 0 Å². The van der Waals surface area contributed by atoms with Crippen molar-refractivity contribution >= 4 is 5.91 Å². The molecule has 1 saturated heterocycles. The molecule has 3 aromatic rings. The molecule has 1 aromatic heterocycles. The Kier molecular flexibility index (Phi) is 6.05. The highest BCUT2D eigenvalue weighted by atomic mass is 16.5. The molecule has 0 bridgehead atoms. The molecule has 1 fully saturated rings. The van der Waals surface area contributed by atoms with Gasteiger partial charge in [0.05, 0.1) is 25.4 Å². The molecule has 8 nitrogen and oxygen atoms in total. The molecule has 4 rings (SSSR count). The lowest BCUT2D eigenvalue weighted by molar-refractivity contribution is 0.0295. The van der Waals surface area contributed by atoms with Gasteiger partial charge in [0.15, 0.2) is 0 Å². The summed E-state index contributed by atoms with van der Waals surface area (Å²) >= 11 is 0. The molecule has 1 aliphatic rings. The van der Waals surface area contributed by atoms with Crippen LogP contribution in [0.4, 0.5) is 0 Å². The van der Waals surface area contributed by atoms with Crippen LogP contribution in [0, 0.1) is 20.8 Å². The maximum Gasteiger partial charge on any atom is 0.352 e. The highest BCUT2D eigenvalue weighted by molar-refractivity contribution is 5.91. The number of amides is 1. The highest BCUT2D eigenvalue weighted by Gasteiger charge is 2.26. The van der Waals surface area contributed by atoms with E-state index in [1.165, 1.54) is 0 Å². The summed E-state index contributed by atoms with van der Waals surface area (Å²) in [5.74, 6) is -0.491. The molecule has 0 N–H and O–H groups in total. The largest absolute Gasteiger partial charge is 0.378 e. The minimum atomic E-state index is -0.686. The van der Waals surface area contributed by atoms with Crippen molar-refractivity contribution in [3.8, 4) is 5.69 Å². The fourth-order valence-corrected chi connectivity index (χ4v) is 3.94. The van der Waals surface area contributed by atoms with Crippen molar-refractivity contribution in [2.24, 2.45) is 0 Å². The van der Waals surface area contributed by atoms with E-state index < -0.39 is 17.2 Å². The lowest BCUT2D eigenvalue weighted by atomic mass is 10.1. The number of rotatable bonds is 4. The second-order valence-corrected chi connectivity index (χ2v) is 8.17. The molecule has 8 heteroatoms. The smallest absolute Gasteiger partial charge is 0.352 e. The Morgan fingerprint density at radius 3 is 2.31 bits per heavy atom. The van der Waals surface area contributed by atoms with E-state index in [1.807, 2.05) is 63.2 Å². The summed E-state index contributed by atoms with van der Waals surface area (Å²) in [6, 6.07) is 13.2. The van der Waals surface area contributed by atoms with Gasteiger partial charge in [0.2, 0.25) is 5.69 Å². The predicted octanol–water partition coefficient (Wildman–Crippen LogP) is 1.84. The van der Waals surface area contributed by atoms with Crippen LogP contribution >= 0.6 is 0 Å². The SMILES string of the molecule is Cc1cccc(Cn2c(=O)c(C(=O)N3CCOCC3)nn(-c3cc(C)cc(C)c3)c2=O)c1. The Hall–Kier alpha value is -3.52. The minimum absolute atomic E-state index is 0.0516. The number of aryl methyl sites for hydroxylation is 3. The van der Waals surface area contributed by atoms with E-state index in [4.69, 9.17) is 4.74 Å². The van der Waals surface area contributed by atoms with Gasteiger partial charge in [-0.3, -0.25) is 14.2 Å². The third kappa shape index (κ3) is 4.40. The van der Waals surface area contributed by atoms with Crippen LogP contribution in [-0.4, -0.2) is 51.5 Å². The maximum absolute atomic E-state index is 13.4. The van der Waals surface area contributed by atoms with Gasteiger partial charge in [0.1, 0.15) is 0 Å². The number of nitrogens with zero attached hydrogens (tertiary/aromatic N) is 4. The summed E-state index contributed by atoms with van der Waals surface area (Å²) in [5, 5.41) is 4.26. The van der Waals surface area contributed by atoms with Crippen LogP contribution in [0.1, 0.15) is 32.7 Å². The molecule has 32 heavy (non-hydrogen) atoms. The molecule has 0 aliphatic carbocycles. The lowest BCUT2D eigenvalue weighted by Gasteiger charge is -2.26. The van der Waals surface area contributed by atoms with E-state index in [0.717, 1.165) is 31.5 Å². The van der Waals surface area contributed by atoms with Gasteiger partial charge in [-0.2, -0.15) is 9.78 Å². The van der Waals surface area contributed by atoms with Crippen LogP contribution in [0.15, 0.2) is 52.1 Å². The molecule has 0 saturated carbocycles.